The number of nitrogens with one attached hydrogen (secondary N) is 2. The van der Waals surface area contributed by atoms with Crippen molar-refractivity contribution in [2.45, 2.75) is 35.3 Å². The third kappa shape index (κ3) is 5.14. The average Bonchev–Trinajstić information content (AvgIpc) is 3.46. The number of anilines is 2. The number of benzene rings is 2. The van der Waals surface area contributed by atoms with Crippen LogP contribution in [0.2, 0.25) is 0 Å². The Bertz CT molecular complexity index is 1840. The summed E-state index contributed by atoms with van der Waals surface area (Å²) in [6.45, 7) is 0.545. The van der Waals surface area contributed by atoms with Crippen LogP contribution in [0, 0.1) is 5.92 Å². The fourth-order valence-corrected chi connectivity index (χ4v) is 7.16. The molecule has 4 unspecified atom stereocenters. The molecule has 2 amide bonds. The van der Waals surface area contributed by atoms with Crippen LogP contribution < -0.4 is 15.8 Å². The molecule has 0 spiro atoms. The molecule has 0 bridgehead atoms. The van der Waals surface area contributed by atoms with Crippen LogP contribution in [0.1, 0.15) is 47.4 Å². The number of nitrogens with two attached hydrogens (primary N) is 1. The topological polar surface area (TPSA) is 157 Å². The Morgan fingerprint density at radius 1 is 1.11 bits per heavy atom. The molecule has 4 heterocycles. The summed E-state index contributed by atoms with van der Waals surface area (Å²) >= 11 is 2.30. The summed E-state index contributed by atoms with van der Waals surface area (Å²) in [5.74, 6) is 1.19. The van der Waals surface area contributed by atoms with Gasteiger partial charge in [-0.15, -0.1) is 0 Å². The van der Waals surface area contributed by atoms with Gasteiger partial charge in [-0.1, -0.05) is 59.0 Å². The molecule has 2 aromatic carbocycles. The molecule has 13 heteroatoms. The van der Waals surface area contributed by atoms with Gasteiger partial charge >= 0.3 is 0 Å². The number of nitrogen functional groups attached to an aromatic ring is 1. The van der Waals surface area contributed by atoms with Gasteiger partial charge in [-0.05, 0) is 42.9 Å². The highest BCUT2D eigenvalue weighted by molar-refractivity contribution is 14.1. The van der Waals surface area contributed by atoms with E-state index in [-0.39, 0.29) is 33.7 Å². The van der Waals surface area contributed by atoms with Crippen molar-refractivity contribution in [1.29, 1.82) is 0 Å². The first-order valence-corrected chi connectivity index (χ1v) is 15.6. The molecule has 0 radical (unpaired) electrons. The lowest BCUT2D eigenvalue weighted by atomic mass is 10.0. The van der Waals surface area contributed by atoms with E-state index in [0.717, 1.165) is 12.0 Å². The van der Waals surface area contributed by atoms with Crippen LogP contribution in [0.4, 0.5) is 11.5 Å². The van der Waals surface area contributed by atoms with Crippen molar-refractivity contribution >= 4 is 56.9 Å². The first-order chi connectivity index (χ1) is 21.4. The molecular formula is C31H30IN9O3. The minimum Gasteiger partial charge on any atom is -0.495 e. The third-order valence-corrected chi connectivity index (χ3v) is 9.60. The minimum atomic E-state index is -0.123. The van der Waals surface area contributed by atoms with Gasteiger partial charge in [-0.25, -0.2) is 19.6 Å². The first-order valence-electron chi connectivity index (χ1n) is 14.4. The van der Waals surface area contributed by atoms with Crippen LogP contribution >= 0.6 is 22.6 Å². The summed E-state index contributed by atoms with van der Waals surface area (Å²) in [7, 11) is 1.57. The van der Waals surface area contributed by atoms with E-state index in [2.05, 4.69) is 60.0 Å². The summed E-state index contributed by atoms with van der Waals surface area (Å²) < 4.78 is 7.54. The zero-order valence-electron chi connectivity index (χ0n) is 23.9. The Hall–Kier alpha value is -4.53. The fourth-order valence-electron chi connectivity index (χ4n) is 6.04. The lowest BCUT2D eigenvalue weighted by molar-refractivity contribution is -0.117. The number of methoxy groups -OCH3 is 1. The van der Waals surface area contributed by atoms with Gasteiger partial charge in [-0.3, -0.25) is 9.59 Å². The van der Waals surface area contributed by atoms with E-state index in [9.17, 15) is 9.59 Å². The number of ether oxygens (including phenoxy) is 1. The van der Waals surface area contributed by atoms with Crippen LogP contribution in [0.3, 0.4) is 0 Å². The van der Waals surface area contributed by atoms with Gasteiger partial charge in [0.15, 0.2) is 11.5 Å². The monoisotopic (exact) mass is 703 g/mol. The third-order valence-electron chi connectivity index (χ3n) is 8.42. The highest BCUT2D eigenvalue weighted by Crippen LogP contribution is 2.48. The molecule has 2 aliphatic rings. The number of halogens is 1. The number of carbonyl (C=O) groups excluding carboxylic acids is 2. The van der Waals surface area contributed by atoms with Gasteiger partial charge in [0.1, 0.15) is 23.6 Å². The Balaban J connectivity index is 1.14. The second-order valence-corrected chi connectivity index (χ2v) is 12.5. The van der Waals surface area contributed by atoms with Crippen molar-refractivity contribution in [3.63, 3.8) is 0 Å². The second kappa shape index (κ2) is 11.5. The van der Waals surface area contributed by atoms with E-state index in [1.807, 2.05) is 46.0 Å². The number of carbonyl (C=O) groups is 2. The normalized spacial score (nSPS) is 21.3. The predicted octanol–water partition coefficient (Wildman–Crippen LogP) is 4.79. The van der Waals surface area contributed by atoms with Crippen molar-refractivity contribution in [1.82, 2.24) is 34.6 Å². The van der Waals surface area contributed by atoms with Crippen molar-refractivity contribution in [2.24, 2.45) is 5.92 Å². The maximum atomic E-state index is 13.1. The van der Waals surface area contributed by atoms with Gasteiger partial charge in [0.05, 0.1) is 28.3 Å². The van der Waals surface area contributed by atoms with Crippen LogP contribution in [-0.2, 0) is 4.79 Å². The second-order valence-electron chi connectivity index (χ2n) is 11.1. The number of fused-ring (bicyclic) bond motifs is 1. The number of piperidine rings is 1. The average molecular weight is 704 g/mol. The Morgan fingerprint density at radius 2 is 1.95 bits per heavy atom. The Kier molecular flexibility index (Phi) is 7.40. The lowest BCUT2D eigenvalue weighted by Crippen LogP contribution is -2.44. The van der Waals surface area contributed by atoms with Gasteiger partial charge < -0.3 is 25.7 Å². The number of hydrogen-bond donors (Lipinski definition) is 3. The summed E-state index contributed by atoms with van der Waals surface area (Å²) in [6, 6.07) is 15.7. The molecule has 7 rings (SSSR count). The van der Waals surface area contributed by atoms with Gasteiger partial charge in [-0.2, -0.15) is 5.10 Å². The molecule has 224 valence electrons. The fraction of sp³-hybridized carbons (Fsp3) is 0.290. The largest absolute Gasteiger partial charge is 0.495 e. The molecular weight excluding hydrogens is 673 g/mol. The molecule has 3 aromatic heterocycles. The number of H-pyrrole nitrogens is 1. The molecule has 1 aliphatic heterocycles. The van der Waals surface area contributed by atoms with Gasteiger partial charge in [0.25, 0.3) is 5.91 Å². The SMILES string of the molecule is COc1cc(-c2nn(C3CCN(C(=O)c4ncc[nH]4)C(I)C3)c3ncnc(N)c23)ccc1NC(=O)C1CC1c1ccccc1. The molecule has 1 saturated heterocycles. The smallest absolute Gasteiger partial charge is 0.290 e. The Labute approximate surface area is 266 Å². The number of imidazole rings is 1. The molecule has 44 heavy (non-hydrogen) atoms. The van der Waals surface area contributed by atoms with Gasteiger partial charge in [0.2, 0.25) is 5.91 Å². The minimum absolute atomic E-state index is 0.0142. The zero-order valence-corrected chi connectivity index (χ0v) is 26.0. The molecule has 5 aromatic rings. The van der Waals surface area contributed by atoms with E-state index in [1.165, 1.54) is 11.9 Å². The zero-order chi connectivity index (χ0) is 30.4. The highest BCUT2D eigenvalue weighted by Gasteiger charge is 2.44. The first kappa shape index (κ1) is 28.3. The van der Waals surface area contributed by atoms with Crippen LogP contribution in [0.15, 0.2) is 67.3 Å². The van der Waals surface area contributed by atoms with Crippen molar-refractivity contribution < 1.29 is 14.3 Å². The molecule has 2 fully saturated rings. The molecule has 1 saturated carbocycles. The van der Waals surface area contributed by atoms with Crippen molar-refractivity contribution in [3.8, 4) is 17.0 Å². The van der Waals surface area contributed by atoms with E-state index < -0.39 is 0 Å². The molecule has 1 aliphatic carbocycles. The number of aromatic nitrogens is 6. The van der Waals surface area contributed by atoms with E-state index in [0.29, 0.717) is 59.2 Å². The van der Waals surface area contributed by atoms with Crippen molar-refractivity contribution in [3.05, 3.63) is 78.6 Å². The summed E-state index contributed by atoms with van der Waals surface area (Å²) in [5.41, 5.74) is 10.2. The summed E-state index contributed by atoms with van der Waals surface area (Å²) in [5, 5.41) is 8.72. The number of alkyl halides is 1. The van der Waals surface area contributed by atoms with E-state index in [1.54, 1.807) is 19.5 Å². The predicted molar refractivity (Wildman–Crippen MR) is 173 cm³/mol. The van der Waals surface area contributed by atoms with E-state index >= 15 is 0 Å². The van der Waals surface area contributed by atoms with E-state index in [4.69, 9.17) is 15.6 Å². The lowest BCUT2D eigenvalue weighted by Gasteiger charge is -2.36. The Morgan fingerprint density at radius 3 is 2.70 bits per heavy atom. The number of hydrogen-bond acceptors (Lipinski definition) is 8. The van der Waals surface area contributed by atoms with Crippen molar-refractivity contribution in [2.75, 3.05) is 24.7 Å². The number of amides is 2. The number of aromatic amines is 1. The van der Waals surface area contributed by atoms with Gasteiger partial charge in [0, 0.05) is 30.4 Å². The standard InChI is InChI=1S/C31H30IN9O3/c1-44-23-13-18(7-8-22(23)38-30(42)21-15-20(21)17-5-3-2-4-6-17)26-25-27(33)36-16-37-29(25)41(39-26)19-9-12-40(24(32)14-19)31(43)28-34-10-11-35-28/h2-8,10-11,13,16,19-21,24H,9,12,14-15H2,1H3,(H,34,35)(H,38,42)(H2,33,36,37). The number of rotatable bonds is 7. The molecule has 4 atom stereocenters. The van der Waals surface area contributed by atoms with Crippen LogP contribution in [0.5, 0.6) is 5.75 Å². The maximum absolute atomic E-state index is 13.1. The molecule has 12 nitrogen and oxygen atoms in total. The number of nitrogens with zero attached hydrogens (tertiary/aromatic N) is 6. The van der Waals surface area contributed by atoms with Crippen LogP contribution in [0.25, 0.3) is 22.3 Å². The summed E-state index contributed by atoms with van der Waals surface area (Å²) in [6.07, 6.45) is 6.85. The van der Waals surface area contributed by atoms with Crippen LogP contribution in [-0.4, -0.2) is 64.1 Å². The highest BCUT2D eigenvalue weighted by atomic mass is 127. The molecule has 4 N–H and O–H groups in total. The maximum Gasteiger partial charge on any atom is 0.290 e. The quantitative estimate of drug-likeness (QED) is 0.124. The number of likely N-dealkylation sites (tertiary alicyclic amines) is 1. The summed E-state index contributed by atoms with van der Waals surface area (Å²) in [4.78, 5) is 43.7.